The van der Waals surface area contributed by atoms with Crippen LogP contribution in [0.1, 0.15) is 9.67 Å². The smallest absolute Gasteiger partial charge is 0.269 e. The molecule has 0 aliphatic rings. The molecule has 0 spiro atoms. The fourth-order valence-corrected chi connectivity index (χ4v) is 5.94. The van der Waals surface area contributed by atoms with Crippen LogP contribution in [-0.2, 0) is 9.84 Å². The van der Waals surface area contributed by atoms with Crippen molar-refractivity contribution in [2.75, 3.05) is 5.32 Å². The molecule has 0 saturated heterocycles. The fourth-order valence-electron chi connectivity index (χ4n) is 2.56. The van der Waals surface area contributed by atoms with E-state index in [4.69, 9.17) is 0 Å². The van der Waals surface area contributed by atoms with Crippen molar-refractivity contribution in [3.8, 4) is 0 Å². The van der Waals surface area contributed by atoms with Gasteiger partial charge in [-0.1, -0.05) is 29.5 Å². The molecule has 0 radical (unpaired) electrons. The maximum atomic E-state index is 12.7. The molecule has 0 unspecified atom stereocenters. The number of hydrogen-bond donors (Lipinski definition) is 1. The van der Waals surface area contributed by atoms with E-state index < -0.39 is 14.8 Å². The third-order valence-corrected chi connectivity index (χ3v) is 8.24. The molecule has 2 aromatic heterocycles. The molecular formula is C18H11N3O5S3. The van der Waals surface area contributed by atoms with Crippen LogP contribution in [0.25, 0.3) is 10.1 Å². The number of carbonyl (C=O) groups excluding carboxylic acids is 1. The lowest BCUT2D eigenvalue weighted by molar-refractivity contribution is -0.384. The molecule has 146 valence electrons. The summed E-state index contributed by atoms with van der Waals surface area (Å²) >= 11 is 2.14. The number of nitro benzene ring substituents is 1. The maximum absolute atomic E-state index is 12.7. The monoisotopic (exact) mass is 445 g/mol. The second-order valence-electron chi connectivity index (χ2n) is 5.84. The number of nitrogens with one attached hydrogen (secondary N) is 1. The van der Waals surface area contributed by atoms with Crippen molar-refractivity contribution >= 4 is 59.3 Å². The Morgan fingerprint density at radius 1 is 1.07 bits per heavy atom. The quantitative estimate of drug-likeness (QED) is 0.360. The van der Waals surface area contributed by atoms with E-state index in [0.717, 1.165) is 39.8 Å². The lowest BCUT2D eigenvalue weighted by Crippen LogP contribution is -2.09. The minimum absolute atomic E-state index is 0.0713. The number of anilines is 1. The van der Waals surface area contributed by atoms with Gasteiger partial charge in [-0.3, -0.25) is 20.2 Å². The first-order valence-corrected chi connectivity index (χ1v) is 11.2. The summed E-state index contributed by atoms with van der Waals surface area (Å²) in [6.07, 6.45) is 1.15. The second kappa shape index (κ2) is 7.35. The first kappa shape index (κ1) is 19.2. The largest absolute Gasteiger partial charge is 0.297 e. The molecule has 0 aliphatic heterocycles. The minimum Gasteiger partial charge on any atom is -0.297 e. The Morgan fingerprint density at radius 2 is 1.79 bits per heavy atom. The van der Waals surface area contributed by atoms with E-state index in [2.05, 4.69) is 10.3 Å². The summed E-state index contributed by atoms with van der Waals surface area (Å²) in [5.41, 5.74) is -0.204. The van der Waals surface area contributed by atoms with Crippen LogP contribution in [0.4, 0.5) is 10.8 Å². The number of carbonyl (C=O) groups is 1. The summed E-state index contributed by atoms with van der Waals surface area (Å²) in [4.78, 5) is 27.0. The van der Waals surface area contributed by atoms with E-state index in [0.29, 0.717) is 4.88 Å². The van der Waals surface area contributed by atoms with Crippen molar-refractivity contribution in [2.45, 2.75) is 9.10 Å². The zero-order valence-corrected chi connectivity index (χ0v) is 16.9. The van der Waals surface area contributed by atoms with Crippen LogP contribution in [0.15, 0.2) is 69.9 Å². The number of aromatic nitrogens is 1. The number of non-ortho nitro benzene ring substituents is 1. The number of rotatable bonds is 5. The Hall–Kier alpha value is -3.15. The van der Waals surface area contributed by atoms with Crippen LogP contribution in [0.3, 0.4) is 0 Å². The van der Waals surface area contributed by atoms with Gasteiger partial charge >= 0.3 is 0 Å². The number of fused-ring (bicyclic) bond motifs is 1. The van der Waals surface area contributed by atoms with E-state index in [1.54, 1.807) is 6.07 Å². The summed E-state index contributed by atoms with van der Waals surface area (Å²) in [5, 5.41) is 14.4. The van der Waals surface area contributed by atoms with Crippen molar-refractivity contribution in [3.63, 3.8) is 0 Å². The normalized spacial score (nSPS) is 11.4. The van der Waals surface area contributed by atoms with Gasteiger partial charge in [-0.25, -0.2) is 13.4 Å². The second-order valence-corrected chi connectivity index (χ2v) is 10.1. The summed E-state index contributed by atoms with van der Waals surface area (Å²) in [6.45, 7) is 0. The summed E-state index contributed by atoms with van der Waals surface area (Å²) < 4.78 is 26.3. The predicted octanol–water partition coefficient (Wildman–Crippen LogP) is 4.35. The van der Waals surface area contributed by atoms with E-state index in [1.807, 2.05) is 24.3 Å². The van der Waals surface area contributed by atoms with E-state index in [1.165, 1.54) is 23.5 Å². The Balaban J connectivity index is 1.55. The van der Waals surface area contributed by atoms with Gasteiger partial charge in [-0.15, -0.1) is 11.3 Å². The fraction of sp³-hybridized carbons (Fsp3) is 0. The molecule has 11 heteroatoms. The summed E-state index contributed by atoms with van der Waals surface area (Å²) in [6, 6.07) is 13.9. The van der Waals surface area contributed by atoms with Gasteiger partial charge in [0, 0.05) is 16.8 Å². The minimum atomic E-state index is -3.90. The van der Waals surface area contributed by atoms with Gasteiger partial charge in [-0.05, 0) is 29.7 Å². The molecule has 2 heterocycles. The molecule has 4 aromatic rings. The average molecular weight is 446 g/mol. The molecule has 1 amide bonds. The molecule has 29 heavy (non-hydrogen) atoms. The van der Waals surface area contributed by atoms with Gasteiger partial charge < -0.3 is 0 Å². The van der Waals surface area contributed by atoms with Crippen LogP contribution in [0.5, 0.6) is 0 Å². The molecule has 1 N–H and O–H groups in total. The van der Waals surface area contributed by atoms with E-state index in [9.17, 15) is 23.3 Å². The van der Waals surface area contributed by atoms with Gasteiger partial charge in [0.2, 0.25) is 9.84 Å². The van der Waals surface area contributed by atoms with Crippen molar-refractivity contribution in [3.05, 3.63) is 75.8 Å². The van der Waals surface area contributed by atoms with Gasteiger partial charge in [0.25, 0.3) is 11.6 Å². The number of amides is 1. The number of nitro groups is 1. The first-order valence-electron chi connectivity index (χ1n) is 8.10. The third-order valence-electron chi connectivity index (χ3n) is 3.98. The lowest BCUT2D eigenvalue weighted by Gasteiger charge is -2.01. The highest BCUT2D eigenvalue weighted by Gasteiger charge is 2.23. The van der Waals surface area contributed by atoms with Crippen molar-refractivity contribution in [2.24, 2.45) is 0 Å². The van der Waals surface area contributed by atoms with Crippen molar-refractivity contribution in [1.29, 1.82) is 0 Å². The molecule has 8 nitrogen and oxygen atoms in total. The average Bonchev–Trinajstić information content (AvgIpc) is 3.35. The maximum Gasteiger partial charge on any atom is 0.269 e. The van der Waals surface area contributed by atoms with E-state index >= 15 is 0 Å². The van der Waals surface area contributed by atoms with Crippen LogP contribution < -0.4 is 5.32 Å². The molecular weight excluding hydrogens is 434 g/mol. The van der Waals surface area contributed by atoms with Crippen molar-refractivity contribution in [1.82, 2.24) is 4.98 Å². The molecule has 0 atom stereocenters. The van der Waals surface area contributed by atoms with E-state index in [-0.39, 0.29) is 25.8 Å². The number of thiophene rings is 1. The van der Waals surface area contributed by atoms with Crippen LogP contribution in [0, 0.1) is 10.1 Å². The van der Waals surface area contributed by atoms with Gasteiger partial charge in [0.05, 0.1) is 20.9 Å². The molecule has 0 fully saturated rings. The number of hydrogen-bond acceptors (Lipinski definition) is 8. The molecule has 0 aliphatic carbocycles. The summed E-state index contributed by atoms with van der Waals surface area (Å²) in [5.74, 6) is -0.375. The Labute approximate surface area is 172 Å². The standard InChI is InChI=1S/C18H11N3O5S3/c22-17(15-9-11-3-1-2-4-14(11)27-15)20-18-19-10-16(28-18)29(25,26)13-7-5-12(6-8-13)21(23)24/h1-10H,(H,19,20,22). The highest BCUT2D eigenvalue weighted by molar-refractivity contribution is 7.93. The first-order chi connectivity index (χ1) is 13.8. The van der Waals surface area contributed by atoms with Crippen LogP contribution in [0.2, 0.25) is 0 Å². The SMILES string of the molecule is O=C(Nc1ncc(S(=O)(=O)c2ccc([N+](=O)[O-])cc2)s1)c1cc2ccccc2s1. The number of nitrogens with zero attached hydrogens (tertiary/aromatic N) is 2. The molecule has 2 aromatic carbocycles. The molecule has 0 bridgehead atoms. The Bertz CT molecular complexity index is 1310. The Morgan fingerprint density at radius 3 is 2.48 bits per heavy atom. The lowest BCUT2D eigenvalue weighted by atomic mass is 10.2. The molecule has 4 rings (SSSR count). The van der Waals surface area contributed by atoms with Crippen molar-refractivity contribution < 1.29 is 18.1 Å². The van der Waals surface area contributed by atoms with Crippen LogP contribution in [-0.4, -0.2) is 24.2 Å². The zero-order valence-electron chi connectivity index (χ0n) is 14.4. The number of sulfone groups is 1. The third kappa shape index (κ3) is 3.75. The topological polar surface area (TPSA) is 119 Å². The predicted molar refractivity (Wildman–Crippen MR) is 110 cm³/mol. The summed E-state index contributed by atoms with van der Waals surface area (Å²) in [7, 11) is -3.90. The van der Waals surface area contributed by atoms with Gasteiger partial charge in [-0.2, -0.15) is 0 Å². The van der Waals surface area contributed by atoms with Gasteiger partial charge in [0.15, 0.2) is 5.13 Å². The van der Waals surface area contributed by atoms with Gasteiger partial charge in [0.1, 0.15) is 4.21 Å². The Kier molecular flexibility index (Phi) is 4.86. The highest BCUT2D eigenvalue weighted by atomic mass is 32.2. The number of thiazole rings is 1. The zero-order chi connectivity index (χ0) is 20.6. The molecule has 0 saturated carbocycles. The highest BCUT2D eigenvalue weighted by Crippen LogP contribution is 2.31. The van der Waals surface area contributed by atoms with Crippen LogP contribution >= 0.6 is 22.7 Å². The number of benzene rings is 2.